The van der Waals surface area contributed by atoms with Crippen molar-refractivity contribution in [3.63, 3.8) is 0 Å². The van der Waals surface area contributed by atoms with E-state index in [2.05, 4.69) is 95.8 Å². The van der Waals surface area contributed by atoms with Gasteiger partial charge in [-0.05, 0) is 45.9 Å². The smallest absolute Gasteiger partial charge is 0.183 e. The molecule has 0 saturated heterocycles. The summed E-state index contributed by atoms with van der Waals surface area (Å²) in [5.41, 5.74) is 2.70. The molecule has 4 aromatic carbocycles. The largest absolute Gasteiger partial charge is 0.507 e. The molecule has 4 heteroatoms. The lowest BCUT2D eigenvalue weighted by atomic mass is 10.1. The average molecular weight is 485 g/mol. The number of nitrogens with zero attached hydrogens (tertiary/aromatic N) is 2. The quantitative estimate of drug-likeness (QED) is 0.215. The minimum Gasteiger partial charge on any atom is -0.507 e. The van der Waals surface area contributed by atoms with Gasteiger partial charge in [-0.15, -0.1) is 0 Å². The molecule has 0 aliphatic heterocycles. The van der Waals surface area contributed by atoms with Crippen LogP contribution in [0.5, 0.6) is 5.75 Å². The van der Waals surface area contributed by atoms with Crippen molar-refractivity contribution >= 4 is 35.0 Å². The highest BCUT2D eigenvalue weighted by Crippen LogP contribution is 2.21. The van der Waals surface area contributed by atoms with E-state index in [-0.39, 0.29) is 5.75 Å². The van der Waals surface area contributed by atoms with Gasteiger partial charge in [0.15, 0.2) is 8.07 Å². The van der Waals surface area contributed by atoms with Gasteiger partial charge >= 0.3 is 0 Å². The van der Waals surface area contributed by atoms with E-state index < -0.39 is 8.07 Å². The van der Waals surface area contributed by atoms with Crippen LogP contribution in [0.1, 0.15) is 16.8 Å². The van der Waals surface area contributed by atoms with Crippen LogP contribution in [0.15, 0.2) is 133 Å². The van der Waals surface area contributed by atoms with E-state index in [4.69, 9.17) is 0 Å². The monoisotopic (exact) mass is 484 g/mol. The van der Waals surface area contributed by atoms with Gasteiger partial charge in [0.1, 0.15) is 5.75 Å². The van der Waals surface area contributed by atoms with Gasteiger partial charge < -0.3 is 5.11 Å². The molecule has 0 bridgehead atoms. The van der Waals surface area contributed by atoms with E-state index >= 15 is 0 Å². The van der Waals surface area contributed by atoms with E-state index in [1.54, 1.807) is 12.4 Å². The average Bonchev–Trinajstić information content (AvgIpc) is 2.94. The predicted molar refractivity (Wildman–Crippen MR) is 152 cm³/mol. The number of aryl methyl sites for hydroxylation is 1. The van der Waals surface area contributed by atoms with E-state index in [0.717, 1.165) is 22.0 Å². The first-order valence-corrected chi connectivity index (χ1v) is 14.1. The van der Waals surface area contributed by atoms with Gasteiger partial charge in [-0.25, -0.2) is 0 Å². The molecule has 1 N–H and O–H groups in total. The molecule has 0 amide bonds. The van der Waals surface area contributed by atoms with Gasteiger partial charge in [-0.1, -0.05) is 109 Å². The second-order valence-electron chi connectivity index (χ2n) is 8.89. The van der Waals surface area contributed by atoms with E-state index in [9.17, 15) is 5.11 Å². The van der Waals surface area contributed by atoms with Gasteiger partial charge in [0, 0.05) is 18.0 Å². The second kappa shape index (κ2) is 10.5. The van der Waals surface area contributed by atoms with Crippen LogP contribution in [0.3, 0.4) is 0 Å². The number of aromatic nitrogens is 1. The summed E-state index contributed by atoms with van der Waals surface area (Å²) in [6.07, 6.45) is 3.55. The molecule has 5 rings (SSSR count). The number of phenols is 1. The number of hydrogen-bond donors (Lipinski definition) is 1. The van der Waals surface area contributed by atoms with E-state index in [1.165, 1.54) is 15.6 Å². The highest BCUT2D eigenvalue weighted by molar-refractivity contribution is 7.20. The Bertz CT molecular complexity index is 1360. The van der Waals surface area contributed by atoms with E-state index in [0.29, 0.717) is 6.54 Å². The minimum atomic E-state index is -2.83. The Hall–Kier alpha value is -4.28. The molecule has 0 spiro atoms. The number of rotatable bonds is 7. The van der Waals surface area contributed by atoms with Crippen molar-refractivity contribution in [2.24, 2.45) is 4.99 Å². The third-order valence-corrected chi connectivity index (χ3v) is 11.3. The molecule has 36 heavy (non-hydrogen) atoms. The van der Waals surface area contributed by atoms with Crippen molar-refractivity contribution < 1.29 is 5.11 Å². The van der Waals surface area contributed by atoms with Crippen molar-refractivity contribution in [1.82, 2.24) is 4.98 Å². The fraction of sp³-hybridized carbons (Fsp3) is 0.0625. The molecule has 0 fully saturated rings. The molecular weight excluding hydrogens is 456 g/mol. The molecule has 0 aliphatic carbocycles. The zero-order valence-corrected chi connectivity index (χ0v) is 21.3. The number of phenolic OH excluding ortho intramolecular Hbond substituents is 1. The standard InChI is InChI=1S/C32H28N2OSi/c1-25-21-26(23-33-24-27-13-11-12-20-34-27)32(35)31(22-25)36(28-14-5-2-6-15-28,29-16-7-3-8-17-29)30-18-9-4-10-19-30/h2-23,35H,24H2,1H3. The van der Waals surface area contributed by atoms with Gasteiger partial charge in [0.05, 0.1) is 12.2 Å². The van der Waals surface area contributed by atoms with Gasteiger partial charge in [-0.2, -0.15) is 0 Å². The second-order valence-corrected chi connectivity index (χ2v) is 12.7. The maximum absolute atomic E-state index is 11.9. The number of benzene rings is 4. The van der Waals surface area contributed by atoms with Gasteiger partial charge in [0.25, 0.3) is 0 Å². The van der Waals surface area contributed by atoms with Crippen LogP contribution < -0.4 is 20.7 Å². The zero-order valence-electron chi connectivity index (χ0n) is 20.3. The topological polar surface area (TPSA) is 45.5 Å². The molecule has 0 atom stereocenters. The molecule has 0 saturated carbocycles. The summed E-state index contributed by atoms with van der Waals surface area (Å²) in [6, 6.07) is 41.8. The molecule has 1 aromatic heterocycles. The highest BCUT2D eigenvalue weighted by Gasteiger charge is 2.43. The summed E-state index contributed by atoms with van der Waals surface area (Å²) in [4.78, 5) is 8.98. The summed E-state index contributed by atoms with van der Waals surface area (Å²) in [5.74, 6) is 0.286. The Morgan fingerprint density at radius 1 is 0.722 bits per heavy atom. The highest BCUT2D eigenvalue weighted by atomic mass is 28.3. The molecule has 176 valence electrons. The fourth-order valence-corrected chi connectivity index (χ4v) is 9.91. The van der Waals surface area contributed by atoms with Crippen LogP contribution in [0.4, 0.5) is 0 Å². The van der Waals surface area contributed by atoms with Crippen LogP contribution in [-0.2, 0) is 6.54 Å². The summed E-state index contributed by atoms with van der Waals surface area (Å²) >= 11 is 0. The van der Waals surface area contributed by atoms with Crippen LogP contribution in [-0.4, -0.2) is 24.4 Å². The van der Waals surface area contributed by atoms with Gasteiger partial charge in [-0.3, -0.25) is 9.98 Å². The maximum atomic E-state index is 11.9. The number of hydrogen-bond acceptors (Lipinski definition) is 3. The number of aromatic hydroxyl groups is 1. The summed E-state index contributed by atoms with van der Waals surface area (Å²) in [6.45, 7) is 2.54. The minimum absolute atomic E-state index is 0.286. The summed E-state index contributed by atoms with van der Waals surface area (Å²) in [5, 5.41) is 16.5. The van der Waals surface area contributed by atoms with E-state index in [1.807, 2.05) is 42.5 Å². The Morgan fingerprint density at radius 2 is 1.25 bits per heavy atom. The predicted octanol–water partition coefficient (Wildman–Crippen LogP) is 4.09. The molecule has 3 nitrogen and oxygen atoms in total. The molecule has 0 aliphatic rings. The third kappa shape index (κ3) is 4.51. The first-order valence-electron chi connectivity index (χ1n) is 12.1. The maximum Gasteiger partial charge on any atom is 0.183 e. The van der Waals surface area contributed by atoms with Crippen LogP contribution in [0, 0.1) is 6.92 Å². The van der Waals surface area contributed by atoms with Crippen LogP contribution in [0.25, 0.3) is 0 Å². The van der Waals surface area contributed by atoms with Crippen LogP contribution >= 0.6 is 0 Å². The van der Waals surface area contributed by atoms with Gasteiger partial charge in [0.2, 0.25) is 0 Å². The number of pyridine rings is 1. The molecule has 1 heterocycles. The van der Waals surface area contributed by atoms with Crippen LogP contribution in [0.2, 0.25) is 0 Å². The zero-order chi connectivity index (χ0) is 24.8. The fourth-order valence-electron chi connectivity index (χ4n) is 4.95. The third-order valence-electron chi connectivity index (χ3n) is 6.52. The Balaban J connectivity index is 1.75. The van der Waals surface area contributed by atoms with Crippen molar-refractivity contribution in [3.8, 4) is 5.75 Å². The summed E-state index contributed by atoms with van der Waals surface area (Å²) in [7, 11) is -2.83. The number of aliphatic imine (C=N–C) groups is 1. The molecule has 0 radical (unpaired) electrons. The summed E-state index contributed by atoms with van der Waals surface area (Å²) < 4.78 is 0. The lowest BCUT2D eigenvalue weighted by Gasteiger charge is -2.35. The van der Waals surface area contributed by atoms with Crippen molar-refractivity contribution in [1.29, 1.82) is 0 Å². The molecule has 5 aromatic rings. The van der Waals surface area contributed by atoms with Crippen molar-refractivity contribution in [2.75, 3.05) is 0 Å². The molecular formula is C32H28N2OSi. The SMILES string of the molecule is Cc1cc(C=NCc2ccccn2)c(O)c([Si](c2ccccc2)(c2ccccc2)c2ccccc2)c1. The van der Waals surface area contributed by atoms with Crippen molar-refractivity contribution in [3.05, 3.63) is 144 Å². The lowest BCUT2D eigenvalue weighted by molar-refractivity contribution is 0.478. The normalized spacial score (nSPS) is 11.6. The lowest BCUT2D eigenvalue weighted by Crippen LogP contribution is -2.74. The van der Waals surface area contributed by atoms with Crippen molar-refractivity contribution in [2.45, 2.75) is 13.5 Å². The first-order chi connectivity index (χ1) is 17.7. The Kier molecular flexibility index (Phi) is 6.87. The molecule has 0 unspecified atom stereocenters. The first kappa shape index (κ1) is 23.5. The Labute approximate surface area is 213 Å². The Morgan fingerprint density at radius 3 is 1.75 bits per heavy atom.